The van der Waals surface area contributed by atoms with Gasteiger partial charge in [-0.1, -0.05) is 30.4 Å². The number of benzene rings is 1. The molecule has 0 spiro atoms. The predicted octanol–water partition coefficient (Wildman–Crippen LogP) is 2.43. The minimum Gasteiger partial charge on any atom is -0.369 e. The van der Waals surface area contributed by atoms with Crippen molar-refractivity contribution in [3.63, 3.8) is 0 Å². The number of nitrogens with zero attached hydrogens (tertiary/aromatic N) is 1. The number of hydrogen-bond donors (Lipinski definition) is 1. The first kappa shape index (κ1) is 12.7. The molecule has 2 N–H and O–H groups in total. The highest BCUT2D eigenvalue weighted by molar-refractivity contribution is 5.85. The topological polar surface area (TPSA) is 46.3 Å². The lowest BCUT2D eigenvalue weighted by atomic mass is 9.85. The molecule has 1 aromatic carbocycles. The van der Waals surface area contributed by atoms with Gasteiger partial charge >= 0.3 is 0 Å². The van der Waals surface area contributed by atoms with E-state index in [1.165, 1.54) is 0 Å². The highest BCUT2D eigenvalue weighted by Crippen LogP contribution is 2.38. The van der Waals surface area contributed by atoms with Gasteiger partial charge in [-0.15, -0.1) is 0 Å². The minimum absolute atomic E-state index is 0.169. The number of hydrogen-bond acceptors (Lipinski definition) is 2. The van der Waals surface area contributed by atoms with Crippen LogP contribution in [0, 0.1) is 0 Å². The molecule has 96 valence electrons. The first-order valence-corrected chi connectivity index (χ1v) is 6.30. The van der Waals surface area contributed by atoms with E-state index in [1.807, 2.05) is 25.1 Å². The largest absolute Gasteiger partial charge is 0.369 e. The molecule has 0 saturated carbocycles. The third kappa shape index (κ3) is 2.26. The lowest BCUT2D eigenvalue weighted by molar-refractivity contribution is -0.119. The van der Waals surface area contributed by atoms with Gasteiger partial charge in [-0.05, 0) is 31.9 Å². The second kappa shape index (κ2) is 4.84. The van der Waals surface area contributed by atoms with Gasteiger partial charge in [0, 0.05) is 18.3 Å². The van der Waals surface area contributed by atoms with Crippen LogP contribution in [0.2, 0.25) is 0 Å². The summed E-state index contributed by atoms with van der Waals surface area (Å²) < 4.78 is 0. The second-order valence-corrected chi connectivity index (χ2v) is 5.18. The SMILES string of the molecule is C=C(C)CN1c2ccccc2[C@H](C(N)=O)C[C@H]1C. The van der Waals surface area contributed by atoms with Gasteiger partial charge in [0.25, 0.3) is 0 Å². The molecule has 3 heteroatoms. The van der Waals surface area contributed by atoms with Crippen molar-refractivity contribution in [3.8, 4) is 0 Å². The standard InChI is InChI=1S/C15H20N2O/c1-10(2)9-17-11(3)8-13(15(16)18)12-6-4-5-7-14(12)17/h4-7,11,13H,1,8-9H2,2-3H3,(H2,16,18)/t11-,13-/m1/s1. The molecule has 0 bridgehead atoms. The van der Waals surface area contributed by atoms with E-state index >= 15 is 0 Å². The molecule has 1 heterocycles. The first-order chi connectivity index (χ1) is 8.50. The third-order valence-corrected chi connectivity index (χ3v) is 3.51. The van der Waals surface area contributed by atoms with Gasteiger partial charge in [-0.2, -0.15) is 0 Å². The Balaban J connectivity index is 2.44. The quantitative estimate of drug-likeness (QED) is 0.830. The Morgan fingerprint density at radius 2 is 2.17 bits per heavy atom. The van der Waals surface area contributed by atoms with E-state index in [-0.39, 0.29) is 11.8 Å². The van der Waals surface area contributed by atoms with Crippen molar-refractivity contribution in [1.29, 1.82) is 0 Å². The summed E-state index contributed by atoms with van der Waals surface area (Å²) in [5, 5.41) is 0. The van der Waals surface area contributed by atoms with E-state index in [9.17, 15) is 4.79 Å². The van der Waals surface area contributed by atoms with Crippen molar-refractivity contribution in [2.45, 2.75) is 32.2 Å². The fourth-order valence-electron chi connectivity index (χ4n) is 2.68. The van der Waals surface area contributed by atoms with Gasteiger partial charge in [-0.25, -0.2) is 0 Å². The van der Waals surface area contributed by atoms with Crippen LogP contribution in [0.5, 0.6) is 0 Å². The number of amides is 1. The van der Waals surface area contributed by atoms with Crippen molar-refractivity contribution < 1.29 is 4.79 Å². The monoisotopic (exact) mass is 244 g/mol. The number of para-hydroxylation sites is 1. The molecule has 1 aromatic rings. The van der Waals surface area contributed by atoms with Crippen LogP contribution in [0.3, 0.4) is 0 Å². The molecule has 0 aliphatic carbocycles. The van der Waals surface area contributed by atoms with Crippen LogP contribution < -0.4 is 10.6 Å². The maximum absolute atomic E-state index is 11.6. The highest BCUT2D eigenvalue weighted by atomic mass is 16.1. The Kier molecular flexibility index (Phi) is 3.41. The lowest BCUT2D eigenvalue weighted by Gasteiger charge is -2.40. The Hall–Kier alpha value is -1.77. The number of rotatable bonds is 3. The van der Waals surface area contributed by atoms with Crippen LogP contribution in [0.15, 0.2) is 36.4 Å². The van der Waals surface area contributed by atoms with E-state index in [4.69, 9.17) is 5.73 Å². The Morgan fingerprint density at radius 3 is 2.78 bits per heavy atom. The summed E-state index contributed by atoms with van der Waals surface area (Å²) in [5.41, 5.74) is 8.80. The van der Waals surface area contributed by atoms with Crippen LogP contribution in [-0.4, -0.2) is 18.5 Å². The Bertz CT molecular complexity index is 481. The summed E-state index contributed by atoms with van der Waals surface area (Å²) in [6.07, 6.45) is 0.777. The van der Waals surface area contributed by atoms with Crippen LogP contribution in [-0.2, 0) is 4.79 Å². The summed E-state index contributed by atoms with van der Waals surface area (Å²) in [7, 11) is 0. The van der Waals surface area contributed by atoms with Crippen LogP contribution in [0.25, 0.3) is 0 Å². The van der Waals surface area contributed by atoms with Gasteiger partial charge < -0.3 is 10.6 Å². The molecular weight excluding hydrogens is 224 g/mol. The maximum atomic E-state index is 11.6. The second-order valence-electron chi connectivity index (χ2n) is 5.18. The number of carbonyl (C=O) groups excluding carboxylic acids is 1. The summed E-state index contributed by atoms with van der Waals surface area (Å²) >= 11 is 0. The predicted molar refractivity (Wildman–Crippen MR) is 74.6 cm³/mol. The molecule has 18 heavy (non-hydrogen) atoms. The molecule has 0 unspecified atom stereocenters. The third-order valence-electron chi connectivity index (χ3n) is 3.51. The molecule has 2 rings (SSSR count). The zero-order valence-electron chi connectivity index (χ0n) is 11.0. The van der Waals surface area contributed by atoms with E-state index in [0.29, 0.717) is 6.04 Å². The molecule has 1 aliphatic heterocycles. The average molecular weight is 244 g/mol. The van der Waals surface area contributed by atoms with Crippen molar-refractivity contribution in [3.05, 3.63) is 42.0 Å². The van der Waals surface area contributed by atoms with E-state index in [0.717, 1.165) is 29.8 Å². The molecule has 0 radical (unpaired) electrons. The molecule has 2 atom stereocenters. The van der Waals surface area contributed by atoms with Gasteiger partial charge in [0.2, 0.25) is 5.91 Å². The summed E-state index contributed by atoms with van der Waals surface area (Å²) in [6, 6.07) is 8.32. The number of fused-ring (bicyclic) bond motifs is 1. The van der Waals surface area contributed by atoms with Crippen LogP contribution >= 0.6 is 0 Å². The molecule has 0 fully saturated rings. The normalized spacial score (nSPS) is 22.4. The van der Waals surface area contributed by atoms with Crippen molar-refractivity contribution in [1.82, 2.24) is 0 Å². The van der Waals surface area contributed by atoms with Crippen LogP contribution in [0.4, 0.5) is 5.69 Å². The summed E-state index contributed by atoms with van der Waals surface area (Å²) in [5.74, 6) is -0.401. The number of primary amides is 1. The average Bonchev–Trinajstić information content (AvgIpc) is 2.31. The summed E-state index contributed by atoms with van der Waals surface area (Å²) in [6.45, 7) is 8.96. The van der Waals surface area contributed by atoms with E-state index in [2.05, 4.69) is 24.5 Å². The smallest absolute Gasteiger partial charge is 0.225 e. The zero-order chi connectivity index (χ0) is 13.3. The molecule has 1 aliphatic rings. The molecule has 0 aromatic heterocycles. The highest BCUT2D eigenvalue weighted by Gasteiger charge is 2.32. The zero-order valence-corrected chi connectivity index (χ0v) is 11.0. The lowest BCUT2D eigenvalue weighted by Crippen LogP contribution is -2.42. The Labute approximate surface area is 108 Å². The van der Waals surface area contributed by atoms with Gasteiger partial charge in [-0.3, -0.25) is 4.79 Å². The number of nitrogens with two attached hydrogens (primary N) is 1. The maximum Gasteiger partial charge on any atom is 0.225 e. The number of anilines is 1. The minimum atomic E-state index is -0.232. The fraction of sp³-hybridized carbons (Fsp3) is 0.400. The van der Waals surface area contributed by atoms with Crippen LogP contribution in [0.1, 0.15) is 31.7 Å². The van der Waals surface area contributed by atoms with E-state index in [1.54, 1.807) is 0 Å². The fourth-order valence-corrected chi connectivity index (χ4v) is 2.68. The van der Waals surface area contributed by atoms with Crippen molar-refractivity contribution in [2.24, 2.45) is 5.73 Å². The first-order valence-electron chi connectivity index (χ1n) is 6.30. The molecule has 0 saturated heterocycles. The summed E-state index contributed by atoms with van der Waals surface area (Å²) in [4.78, 5) is 13.9. The molecule has 1 amide bonds. The van der Waals surface area contributed by atoms with Gasteiger partial charge in [0.1, 0.15) is 0 Å². The van der Waals surface area contributed by atoms with Gasteiger partial charge in [0.05, 0.1) is 5.92 Å². The van der Waals surface area contributed by atoms with E-state index < -0.39 is 0 Å². The van der Waals surface area contributed by atoms with Crippen molar-refractivity contribution >= 4 is 11.6 Å². The molecule has 3 nitrogen and oxygen atoms in total. The molecular formula is C15H20N2O. The number of carbonyl (C=O) groups is 1. The van der Waals surface area contributed by atoms with Crippen molar-refractivity contribution in [2.75, 3.05) is 11.4 Å². The van der Waals surface area contributed by atoms with Gasteiger partial charge in [0.15, 0.2) is 0 Å². The Morgan fingerprint density at radius 1 is 1.50 bits per heavy atom.